The Hall–Kier alpha value is -3.51. The fourth-order valence-corrected chi connectivity index (χ4v) is 3.44. The Bertz CT molecular complexity index is 1180. The number of aliphatic hydroxyl groups excluding tert-OH is 1. The van der Waals surface area contributed by atoms with Crippen molar-refractivity contribution in [2.24, 2.45) is 0 Å². The van der Waals surface area contributed by atoms with E-state index in [0.29, 0.717) is 6.54 Å². The maximum atomic E-state index is 9.22. The van der Waals surface area contributed by atoms with Crippen LogP contribution in [0.2, 0.25) is 0 Å². The Balaban J connectivity index is 1.49. The third-order valence-corrected chi connectivity index (χ3v) is 4.95. The molecule has 3 heterocycles. The van der Waals surface area contributed by atoms with Crippen molar-refractivity contribution in [2.75, 3.05) is 11.9 Å². The molecule has 6 nitrogen and oxygen atoms in total. The Morgan fingerprint density at radius 3 is 2.71 bits per heavy atom. The van der Waals surface area contributed by atoms with Crippen LogP contribution in [0.3, 0.4) is 0 Å². The molecular weight excluding hydrogens is 350 g/mol. The summed E-state index contributed by atoms with van der Waals surface area (Å²) in [7, 11) is 0. The van der Waals surface area contributed by atoms with E-state index in [2.05, 4.69) is 46.0 Å². The van der Waals surface area contributed by atoms with Crippen LogP contribution in [0.25, 0.3) is 28.5 Å². The van der Waals surface area contributed by atoms with Crippen molar-refractivity contribution < 1.29 is 5.11 Å². The molecular formula is C22H19N5O. The summed E-state index contributed by atoms with van der Waals surface area (Å²) in [5, 5.41) is 21.1. The minimum absolute atomic E-state index is 0.0366. The van der Waals surface area contributed by atoms with E-state index in [0.717, 1.165) is 45.8 Å². The molecule has 2 N–H and O–H groups in total. The van der Waals surface area contributed by atoms with Gasteiger partial charge in [-0.1, -0.05) is 47.7 Å². The van der Waals surface area contributed by atoms with Crippen molar-refractivity contribution in [2.45, 2.75) is 13.2 Å². The predicted octanol–water partition coefficient (Wildman–Crippen LogP) is 3.47. The summed E-state index contributed by atoms with van der Waals surface area (Å²) < 4.78 is 1.84. The number of aliphatic hydroxyl groups is 1. The quantitative estimate of drug-likeness (QED) is 0.576. The number of hydrogen-bond donors (Lipinski definition) is 2. The van der Waals surface area contributed by atoms with E-state index in [-0.39, 0.29) is 6.61 Å². The molecule has 138 valence electrons. The predicted molar refractivity (Wildman–Crippen MR) is 110 cm³/mol. The van der Waals surface area contributed by atoms with Gasteiger partial charge < -0.3 is 10.4 Å². The first-order chi connectivity index (χ1) is 13.8. The molecule has 4 aromatic rings. The van der Waals surface area contributed by atoms with Crippen LogP contribution in [0.5, 0.6) is 0 Å². The van der Waals surface area contributed by atoms with Gasteiger partial charge in [-0.25, -0.2) is 9.67 Å². The molecule has 6 heteroatoms. The van der Waals surface area contributed by atoms with E-state index in [1.165, 1.54) is 5.56 Å². The number of fused-ring (bicyclic) bond motifs is 2. The van der Waals surface area contributed by atoms with E-state index in [4.69, 9.17) is 4.98 Å². The first-order valence-corrected chi connectivity index (χ1v) is 9.24. The lowest BCUT2D eigenvalue weighted by Gasteiger charge is -2.14. The zero-order chi connectivity index (χ0) is 18.9. The molecule has 1 aliphatic heterocycles. The molecule has 28 heavy (non-hydrogen) atoms. The molecule has 0 amide bonds. The van der Waals surface area contributed by atoms with Gasteiger partial charge in [0.1, 0.15) is 5.52 Å². The van der Waals surface area contributed by atoms with Gasteiger partial charge in [-0.05, 0) is 41.0 Å². The van der Waals surface area contributed by atoms with E-state index in [1.54, 1.807) is 0 Å². The van der Waals surface area contributed by atoms with E-state index < -0.39 is 0 Å². The standard InChI is InChI=1S/C22H19N5O/c28-14-15-3-6-17(7-4-15)20-9-10-21-22(24-20)27(26-25-21)13-16-5-8-19-18(12-16)2-1-11-23-19/h1-10,12,23,28H,11,13-14H2. The van der Waals surface area contributed by atoms with Crippen LogP contribution in [0, 0.1) is 0 Å². The molecule has 0 radical (unpaired) electrons. The summed E-state index contributed by atoms with van der Waals surface area (Å²) in [5.41, 5.74) is 7.76. The topological polar surface area (TPSA) is 75.9 Å². The number of nitrogens with zero attached hydrogens (tertiary/aromatic N) is 4. The summed E-state index contributed by atoms with van der Waals surface area (Å²) in [4.78, 5) is 4.79. The van der Waals surface area contributed by atoms with Crippen LogP contribution in [0.15, 0.2) is 60.7 Å². The van der Waals surface area contributed by atoms with Gasteiger partial charge in [0.2, 0.25) is 0 Å². The zero-order valence-corrected chi connectivity index (χ0v) is 15.2. The summed E-state index contributed by atoms with van der Waals surface area (Å²) >= 11 is 0. The highest BCUT2D eigenvalue weighted by Crippen LogP contribution is 2.24. The number of aromatic nitrogens is 4. The molecule has 0 aliphatic carbocycles. The second kappa shape index (κ2) is 6.90. The van der Waals surface area contributed by atoms with Crippen molar-refractivity contribution in [3.8, 4) is 11.3 Å². The van der Waals surface area contributed by atoms with Crippen molar-refractivity contribution in [3.05, 3.63) is 77.4 Å². The number of rotatable bonds is 4. The highest BCUT2D eigenvalue weighted by atomic mass is 16.3. The van der Waals surface area contributed by atoms with E-state index >= 15 is 0 Å². The average molecular weight is 369 g/mol. The first-order valence-electron chi connectivity index (χ1n) is 9.24. The number of nitrogens with one attached hydrogen (secondary N) is 1. The van der Waals surface area contributed by atoms with Gasteiger partial charge >= 0.3 is 0 Å². The summed E-state index contributed by atoms with van der Waals surface area (Å²) in [6.45, 7) is 1.51. The van der Waals surface area contributed by atoms with Gasteiger partial charge in [-0.3, -0.25) is 0 Å². The highest BCUT2D eigenvalue weighted by molar-refractivity contribution is 5.75. The second-order valence-electron chi connectivity index (χ2n) is 6.85. The van der Waals surface area contributed by atoms with Crippen molar-refractivity contribution in [1.29, 1.82) is 0 Å². The molecule has 0 saturated heterocycles. The first kappa shape index (κ1) is 16.6. The third kappa shape index (κ3) is 3.04. The number of pyridine rings is 1. The van der Waals surface area contributed by atoms with Crippen LogP contribution in [-0.2, 0) is 13.2 Å². The maximum Gasteiger partial charge on any atom is 0.179 e. The maximum absolute atomic E-state index is 9.22. The van der Waals surface area contributed by atoms with Crippen LogP contribution in [0.1, 0.15) is 16.7 Å². The van der Waals surface area contributed by atoms with E-state index in [9.17, 15) is 5.11 Å². The van der Waals surface area contributed by atoms with E-state index in [1.807, 2.05) is 41.1 Å². The Morgan fingerprint density at radius 2 is 1.86 bits per heavy atom. The SMILES string of the molecule is OCc1ccc(-c2ccc3nnn(Cc4ccc5c(c4)C=CCN5)c3n2)cc1. The summed E-state index contributed by atoms with van der Waals surface area (Å²) in [6, 6.07) is 18.0. The number of anilines is 1. The van der Waals surface area contributed by atoms with Gasteiger partial charge in [-0.15, -0.1) is 5.10 Å². The van der Waals surface area contributed by atoms with Gasteiger partial charge in [0.05, 0.1) is 18.8 Å². The largest absolute Gasteiger partial charge is 0.392 e. The molecule has 0 spiro atoms. The highest BCUT2D eigenvalue weighted by Gasteiger charge is 2.11. The lowest BCUT2D eigenvalue weighted by Crippen LogP contribution is -2.07. The smallest absolute Gasteiger partial charge is 0.179 e. The van der Waals surface area contributed by atoms with Gasteiger partial charge in [0.25, 0.3) is 0 Å². The molecule has 0 unspecified atom stereocenters. The Labute approximate surface area is 162 Å². The third-order valence-electron chi connectivity index (χ3n) is 4.95. The molecule has 0 bridgehead atoms. The summed E-state index contributed by atoms with van der Waals surface area (Å²) in [6.07, 6.45) is 4.26. The second-order valence-corrected chi connectivity index (χ2v) is 6.85. The molecule has 0 fully saturated rings. The van der Waals surface area contributed by atoms with Gasteiger partial charge in [0.15, 0.2) is 5.65 Å². The Morgan fingerprint density at radius 1 is 1.00 bits per heavy atom. The monoisotopic (exact) mass is 369 g/mol. The lowest BCUT2D eigenvalue weighted by atomic mass is 10.1. The molecule has 1 aliphatic rings. The lowest BCUT2D eigenvalue weighted by molar-refractivity contribution is 0.282. The molecule has 0 atom stereocenters. The van der Waals surface area contributed by atoms with Crippen molar-refractivity contribution in [1.82, 2.24) is 20.0 Å². The fourth-order valence-electron chi connectivity index (χ4n) is 3.44. The minimum atomic E-state index is 0.0366. The number of hydrogen-bond acceptors (Lipinski definition) is 5. The summed E-state index contributed by atoms with van der Waals surface area (Å²) in [5.74, 6) is 0. The molecule has 5 rings (SSSR count). The van der Waals surface area contributed by atoms with Crippen molar-refractivity contribution >= 4 is 22.9 Å². The van der Waals surface area contributed by atoms with Gasteiger partial charge in [-0.2, -0.15) is 0 Å². The molecule has 2 aromatic carbocycles. The van der Waals surface area contributed by atoms with Crippen LogP contribution >= 0.6 is 0 Å². The van der Waals surface area contributed by atoms with Crippen LogP contribution in [-0.4, -0.2) is 31.6 Å². The normalized spacial score (nSPS) is 12.8. The average Bonchev–Trinajstić information content (AvgIpc) is 3.16. The zero-order valence-electron chi connectivity index (χ0n) is 15.2. The fraction of sp³-hybridized carbons (Fsp3) is 0.136. The van der Waals surface area contributed by atoms with Gasteiger partial charge in [0, 0.05) is 17.8 Å². The Kier molecular flexibility index (Phi) is 4.10. The molecule has 2 aromatic heterocycles. The number of benzene rings is 2. The molecule has 0 saturated carbocycles. The van der Waals surface area contributed by atoms with Crippen LogP contribution < -0.4 is 5.32 Å². The van der Waals surface area contributed by atoms with Crippen LogP contribution in [0.4, 0.5) is 5.69 Å². The van der Waals surface area contributed by atoms with Crippen molar-refractivity contribution in [3.63, 3.8) is 0 Å². The minimum Gasteiger partial charge on any atom is -0.392 e.